The van der Waals surface area contributed by atoms with Gasteiger partial charge in [-0.05, 0) is 95.0 Å². The molecule has 7 rings (SSSR count). The van der Waals surface area contributed by atoms with Crippen molar-refractivity contribution in [1.82, 2.24) is 14.2 Å². The third-order valence-corrected chi connectivity index (χ3v) is 14.8. The number of hydrogen-bond donors (Lipinski definition) is 0. The molecule has 0 radical (unpaired) electrons. The van der Waals surface area contributed by atoms with Crippen molar-refractivity contribution in [3.8, 4) is 23.8 Å². The molecule has 1 aromatic heterocycles. The van der Waals surface area contributed by atoms with Crippen molar-refractivity contribution >= 4 is 20.1 Å². The minimum atomic E-state index is -1.76. The van der Waals surface area contributed by atoms with Gasteiger partial charge >= 0.3 is 11.7 Å². The lowest BCUT2D eigenvalue weighted by molar-refractivity contribution is -0.203. The molecule has 4 aromatic carbocycles. The highest BCUT2D eigenvalue weighted by Crippen LogP contribution is 2.56. The Morgan fingerprint density at radius 2 is 1.44 bits per heavy atom. The summed E-state index contributed by atoms with van der Waals surface area (Å²) >= 11 is 0. The van der Waals surface area contributed by atoms with Crippen molar-refractivity contribution in [2.45, 2.75) is 109 Å². The standard InChI is InChI=1S/C54H62N3O10P/c1-11-30-52(7,8)65-47(59)33-68(57(36(2)3)37(4)5)67-49-48-50(56-32-38(6)45(55-51(56)60)31-46(58)39-18-14-12-15-19-39)66-53(49,34-63-48)35-64-54(40-20-16-13-17-21-40,41-22-26-43(61-9)27-23-41)42-24-28-44(62-10)29-25-42/h1,12-29,32,36-37,48-50H,30-31,33-35H2,2-10H3/t48-,49?,50+,53+,68?/m0/s1. The van der Waals surface area contributed by atoms with Gasteiger partial charge in [0, 0.05) is 30.3 Å². The molecule has 68 heavy (non-hydrogen) atoms. The zero-order valence-electron chi connectivity index (χ0n) is 40.3. The van der Waals surface area contributed by atoms with E-state index in [-0.39, 0.29) is 50.1 Å². The van der Waals surface area contributed by atoms with E-state index in [1.165, 1.54) is 4.57 Å². The minimum absolute atomic E-state index is 0.0337. The van der Waals surface area contributed by atoms with Crippen LogP contribution < -0.4 is 15.2 Å². The molecule has 5 atom stereocenters. The van der Waals surface area contributed by atoms with Crippen molar-refractivity contribution in [3.63, 3.8) is 0 Å². The molecule has 0 saturated carbocycles. The largest absolute Gasteiger partial charge is 0.497 e. The molecule has 13 nitrogen and oxygen atoms in total. The van der Waals surface area contributed by atoms with Gasteiger partial charge in [0.05, 0.1) is 39.5 Å². The molecule has 14 heteroatoms. The molecular formula is C54H62N3O10P. The van der Waals surface area contributed by atoms with Gasteiger partial charge < -0.3 is 32.9 Å². The molecule has 0 amide bonds. The Morgan fingerprint density at radius 3 is 1.99 bits per heavy atom. The zero-order chi connectivity index (χ0) is 48.8. The maximum atomic E-state index is 14.2. The monoisotopic (exact) mass is 943 g/mol. The van der Waals surface area contributed by atoms with Crippen LogP contribution in [-0.2, 0) is 40.3 Å². The topological polar surface area (TPSA) is 137 Å². The summed E-state index contributed by atoms with van der Waals surface area (Å²) in [6.07, 6.45) is 4.63. The molecule has 358 valence electrons. The lowest BCUT2D eigenvalue weighted by Gasteiger charge is -2.42. The molecule has 3 heterocycles. The molecule has 5 aromatic rings. The molecule has 0 spiro atoms. The number of rotatable bonds is 21. The van der Waals surface area contributed by atoms with E-state index in [1.54, 1.807) is 58.5 Å². The lowest BCUT2D eigenvalue weighted by Crippen LogP contribution is -2.49. The number of aryl methyl sites for hydroxylation is 1. The molecule has 0 N–H and O–H groups in total. The van der Waals surface area contributed by atoms with E-state index in [0.29, 0.717) is 28.3 Å². The second-order valence-electron chi connectivity index (χ2n) is 18.4. The number of esters is 1. The third-order valence-electron chi connectivity index (χ3n) is 12.4. The highest BCUT2D eigenvalue weighted by atomic mass is 31.2. The summed E-state index contributed by atoms with van der Waals surface area (Å²) in [6.45, 7) is 13.5. The van der Waals surface area contributed by atoms with Gasteiger partial charge in [-0.15, -0.1) is 12.3 Å². The third kappa shape index (κ3) is 10.6. The van der Waals surface area contributed by atoms with Crippen LogP contribution in [0.1, 0.15) is 92.5 Å². The van der Waals surface area contributed by atoms with Crippen LogP contribution in [0.3, 0.4) is 0 Å². The van der Waals surface area contributed by atoms with E-state index in [4.69, 9.17) is 39.4 Å². The number of carbonyl (C=O) groups is 2. The molecule has 0 aliphatic carbocycles. The second kappa shape index (κ2) is 21.3. The number of terminal acetylenes is 1. The van der Waals surface area contributed by atoms with Gasteiger partial charge in [-0.1, -0.05) is 84.9 Å². The van der Waals surface area contributed by atoms with Gasteiger partial charge in [-0.2, -0.15) is 4.98 Å². The van der Waals surface area contributed by atoms with Crippen LogP contribution in [0.2, 0.25) is 0 Å². The number of carbonyl (C=O) groups excluding carboxylic acids is 2. The van der Waals surface area contributed by atoms with Gasteiger partial charge in [-0.3, -0.25) is 18.8 Å². The van der Waals surface area contributed by atoms with E-state index in [2.05, 4.69) is 43.3 Å². The van der Waals surface area contributed by atoms with Crippen LogP contribution in [0.15, 0.2) is 120 Å². The Labute approximate surface area is 400 Å². The van der Waals surface area contributed by atoms with Crippen molar-refractivity contribution in [2.75, 3.05) is 33.6 Å². The first kappa shape index (κ1) is 50.2. The van der Waals surface area contributed by atoms with E-state index in [9.17, 15) is 14.4 Å². The summed E-state index contributed by atoms with van der Waals surface area (Å²) in [5.41, 5.74) is -0.184. The lowest BCUT2D eigenvalue weighted by atomic mass is 9.79. The highest BCUT2D eigenvalue weighted by molar-refractivity contribution is 7.51. The fourth-order valence-corrected chi connectivity index (χ4v) is 11.4. The maximum absolute atomic E-state index is 14.2. The van der Waals surface area contributed by atoms with Crippen LogP contribution in [0.5, 0.6) is 11.5 Å². The fraction of sp³-hybridized carbons (Fsp3) is 0.407. The van der Waals surface area contributed by atoms with Gasteiger partial charge in [0.1, 0.15) is 55.0 Å². The predicted molar refractivity (Wildman–Crippen MR) is 261 cm³/mol. The summed E-state index contributed by atoms with van der Waals surface area (Å²) in [5.74, 6) is 3.33. The van der Waals surface area contributed by atoms with E-state index in [0.717, 1.165) is 16.7 Å². The Kier molecular flexibility index (Phi) is 15.7. The summed E-state index contributed by atoms with van der Waals surface area (Å²) in [5, 5.41) is 0. The van der Waals surface area contributed by atoms with Crippen LogP contribution >= 0.6 is 8.30 Å². The van der Waals surface area contributed by atoms with Crippen molar-refractivity contribution in [3.05, 3.63) is 159 Å². The number of benzene rings is 4. The molecule has 2 bridgehead atoms. The Hall–Kier alpha value is -5.71. The van der Waals surface area contributed by atoms with E-state index < -0.39 is 55.2 Å². The quantitative estimate of drug-likeness (QED) is 0.0229. The molecule has 2 aliphatic heterocycles. The van der Waals surface area contributed by atoms with Crippen LogP contribution in [-0.4, -0.2) is 95.1 Å². The average Bonchev–Trinajstić information content (AvgIpc) is 3.81. The van der Waals surface area contributed by atoms with Gasteiger partial charge in [0.2, 0.25) is 0 Å². The first-order valence-electron chi connectivity index (χ1n) is 22.9. The summed E-state index contributed by atoms with van der Waals surface area (Å²) < 4.78 is 49.4. The number of fused-ring (bicyclic) bond motifs is 2. The van der Waals surface area contributed by atoms with Gasteiger partial charge in [0.25, 0.3) is 0 Å². The molecule has 2 aliphatic rings. The average molecular weight is 944 g/mol. The number of ketones is 1. The predicted octanol–water partition coefficient (Wildman–Crippen LogP) is 8.83. The number of hydrogen-bond acceptors (Lipinski definition) is 12. The number of ether oxygens (including phenoxy) is 6. The van der Waals surface area contributed by atoms with Crippen LogP contribution in [0.25, 0.3) is 0 Å². The first-order valence-corrected chi connectivity index (χ1v) is 24.3. The number of aromatic nitrogens is 2. The number of Topliss-reactive ketones (excluding diaryl/α,β-unsaturated/α-hetero) is 1. The van der Waals surface area contributed by atoms with Crippen LogP contribution in [0, 0.1) is 19.3 Å². The first-order chi connectivity index (χ1) is 32.5. The SMILES string of the molecule is C#CCC(C)(C)OC(=O)CP(OC1[C@@H]2OC[C@]1(COC(c1ccccc1)(c1ccc(OC)cc1)c1ccc(OC)cc1)O[C@H]2n1cc(C)c(CC(=O)c2ccccc2)nc1=O)N(C(C)C)C(C)C. The molecule has 2 unspecified atom stereocenters. The Balaban J connectivity index is 1.34. The zero-order valence-corrected chi connectivity index (χ0v) is 41.2. The smallest absolute Gasteiger partial charge is 0.350 e. The highest BCUT2D eigenvalue weighted by Gasteiger charge is 2.65. The van der Waals surface area contributed by atoms with Crippen molar-refractivity contribution < 1.29 is 42.5 Å². The maximum Gasteiger partial charge on any atom is 0.350 e. The van der Waals surface area contributed by atoms with E-state index >= 15 is 0 Å². The molecule has 2 fully saturated rings. The van der Waals surface area contributed by atoms with Crippen molar-refractivity contribution in [1.29, 1.82) is 0 Å². The van der Waals surface area contributed by atoms with Crippen molar-refractivity contribution in [2.24, 2.45) is 0 Å². The Bertz CT molecular complexity index is 2560. The van der Waals surface area contributed by atoms with Crippen LogP contribution in [0.4, 0.5) is 0 Å². The minimum Gasteiger partial charge on any atom is -0.497 e. The normalized spacial score (nSPS) is 19.5. The fourth-order valence-electron chi connectivity index (χ4n) is 9.17. The summed E-state index contributed by atoms with van der Waals surface area (Å²) in [6, 6.07) is 34.2. The Morgan fingerprint density at radius 1 is 0.882 bits per heavy atom. The number of methoxy groups -OCH3 is 2. The summed E-state index contributed by atoms with van der Waals surface area (Å²) in [4.78, 5) is 45.9. The van der Waals surface area contributed by atoms with Gasteiger partial charge in [-0.25, -0.2) is 4.79 Å². The second-order valence-corrected chi connectivity index (χ2v) is 20.1. The molecule has 2 saturated heterocycles. The summed E-state index contributed by atoms with van der Waals surface area (Å²) in [7, 11) is 1.48. The van der Waals surface area contributed by atoms with Gasteiger partial charge in [0.15, 0.2) is 12.0 Å². The van der Waals surface area contributed by atoms with E-state index in [1.807, 2.05) is 91.9 Å². The number of nitrogens with zero attached hydrogens (tertiary/aromatic N) is 3. The molecular weight excluding hydrogens is 882 g/mol.